The lowest BCUT2D eigenvalue weighted by atomic mass is 10.0. The molecule has 0 N–H and O–H groups in total. The van der Waals surface area contributed by atoms with Gasteiger partial charge in [0.05, 0.1) is 23.3 Å². The first kappa shape index (κ1) is 20.9. The Kier molecular flexibility index (Phi) is 6.16. The molecule has 0 bridgehead atoms. The monoisotopic (exact) mass is 443 g/mol. The van der Waals surface area contributed by atoms with Crippen LogP contribution >= 0.6 is 22.9 Å². The van der Waals surface area contributed by atoms with Gasteiger partial charge in [0.2, 0.25) is 5.91 Å². The van der Waals surface area contributed by atoms with Gasteiger partial charge in [-0.05, 0) is 29.2 Å². The Morgan fingerprint density at radius 1 is 1.13 bits per heavy atom. The number of anilines is 1. The summed E-state index contributed by atoms with van der Waals surface area (Å²) in [6.45, 7) is 7.27. The van der Waals surface area contributed by atoms with Crippen molar-refractivity contribution >= 4 is 44.2 Å². The summed E-state index contributed by atoms with van der Waals surface area (Å²) < 4.78 is 6.36. The molecule has 1 aliphatic heterocycles. The number of nitrogens with zero attached hydrogens (tertiary/aromatic N) is 3. The maximum Gasteiger partial charge on any atom is 0.227 e. The summed E-state index contributed by atoms with van der Waals surface area (Å²) in [6.07, 6.45) is 0.451. The minimum Gasteiger partial charge on any atom is -0.494 e. The summed E-state index contributed by atoms with van der Waals surface area (Å²) in [5, 5.41) is 1.61. The molecule has 0 unspecified atom stereocenters. The zero-order valence-corrected chi connectivity index (χ0v) is 19.1. The van der Waals surface area contributed by atoms with Crippen LogP contribution in [0.4, 0.5) is 5.13 Å². The molecule has 0 spiro atoms. The lowest BCUT2D eigenvalue weighted by Gasteiger charge is -2.34. The number of hydrogen-bond acceptors (Lipinski definition) is 5. The van der Waals surface area contributed by atoms with Crippen molar-refractivity contribution in [3.8, 4) is 5.75 Å². The topological polar surface area (TPSA) is 45.7 Å². The van der Waals surface area contributed by atoms with Crippen LogP contribution in [0.15, 0.2) is 36.4 Å². The lowest BCUT2D eigenvalue weighted by molar-refractivity contribution is -0.130. The fourth-order valence-electron chi connectivity index (χ4n) is 3.70. The third kappa shape index (κ3) is 4.25. The summed E-state index contributed by atoms with van der Waals surface area (Å²) in [5.74, 6) is 1.41. The first-order valence-corrected chi connectivity index (χ1v) is 11.4. The smallest absolute Gasteiger partial charge is 0.227 e. The number of ether oxygens (including phenoxy) is 1. The number of methoxy groups -OCH3 is 1. The molecular weight excluding hydrogens is 418 g/mol. The number of carbonyl (C=O) groups excluding carboxylic acids is 1. The summed E-state index contributed by atoms with van der Waals surface area (Å²) in [7, 11) is 1.64. The van der Waals surface area contributed by atoms with Gasteiger partial charge in [0.1, 0.15) is 11.3 Å². The molecule has 1 aromatic heterocycles. The van der Waals surface area contributed by atoms with Crippen LogP contribution in [0, 0.1) is 0 Å². The van der Waals surface area contributed by atoms with E-state index in [1.807, 2.05) is 17.0 Å². The van der Waals surface area contributed by atoms with Gasteiger partial charge in [0.25, 0.3) is 0 Å². The van der Waals surface area contributed by atoms with Crippen LogP contribution in [0.1, 0.15) is 30.9 Å². The molecule has 0 saturated carbocycles. The van der Waals surface area contributed by atoms with Gasteiger partial charge in [-0.25, -0.2) is 4.98 Å². The van der Waals surface area contributed by atoms with Crippen molar-refractivity contribution in [1.29, 1.82) is 0 Å². The van der Waals surface area contributed by atoms with Crippen molar-refractivity contribution in [2.45, 2.75) is 26.2 Å². The van der Waals surface area contributed by atoms with Gasteiger partial charge in [-0.3, -0.25) is 4.79 Å². The van der Waals surface area contributed by atoms with E-state index in [2.05, 4.69) is 43.0 Å². The van der Waals surface area contributed by atoms with Crippen LogP contribution < -0.4 is 9.64 Å². The highest BCUT2D eigenvalue weighted by molar-refractivity contribution is 7.22. The molecule has 3 aromatic rings. The number of halogens is 1. The second kappa shape index (κ2) is 8.82. The van der Waals surface area contributed by atoms with Gasteiger partial charge >= 0.3 is 0 Å². The average molecular weight is 444 g/mol. The van der Waals surface area contributed by atoms with E-state index in [1.54, 1.807) is 18.4 Å². The van der Waals surface area contributed by atoms with Gasteiger partial charge in [0, 0.05) is 26.2 Å². The van der Waals surface area contributed by atoms with Crippen LogP contribution in [-0.2, 0) is 11.2 Å². The van der Waals surface area contributed by atoms with Gasteiger partial charge in [-0.2, -0.15) is 0 Å². The average Bonchev–Trinajstić information content (AvgIpc) is 3.21. The fraction of sp³-hybridized carbons (Fsp3) is 0.391. The van der Waals surface area contributed by atoms with E-state index in [0.717, 1.165) is 39.8 Å². The predicted octanol–water partition coefficient (Wildman–Crippen LogP) is 4.97. The predicted molar refractivity (Wildman–Crippen MR) is 124 cm³/mol. The van der Waals surface area contributed by atoms with E-state index in [0.29, 0.717) is 30.5 Å². The highest BCUT2D eigenvalue weighted by Crippen LogP contribution is 2.38. The number of fused-ring (bicyclic) bond motifs is 1. The third-order valence-electron chi connectivity index (χ3n) is 5.57. The number of hydrogen-bond donors (Lipinski definition) is 0. The second-order valence-corrected chi connectivity index (χ2v) is 9.25. The van der Waals surface area contributed by atoms with Crippen molar-refractivity contribution in [3.63, 3.8) is 0 Å². The Balaban J connectivity index is 1.39. The molecule has 2 heterocycles. The summed E-state index contributed by atoms with van der Waals surface area (Å²) >= 11 is 7.93. The highest BCUT2D eigenvalue weighted by atomic mass is 35.5. The number of piperazine rings is 1. The molecule has 1 saturated heterocycles. The Bertz CT molecular complexity index is 1040. The lowest BCUT2D eigenvalue weighted by Crippen LogP contribution is -2.49. The van der Waals surface area contributed by atoms with E-state index < -0.39 is 0 Å². The van der Waals surface area contributed by atoms with Crippen LogP contribution in [0.5, 0.6) is 5.75 Å². The SMILES string of the molecule is COc1ccc(Cl)c2sc(N3CCN(C(=O)Cc4ccc(C(C)C)cc4)CC3)nc12. The quantitative estimate of drug-likeness (QED) is 0.558. The molecule has 4 rings (SSSR count). The van der Waals surface area contributed by atoms with Gasteiger partial charge < -0.3 is 14.5 Å². The highest BCUT2D eigenvalue weighted by Gasteiger charge is 2.24. The summed E-state index contributed by atoms with van der Waals surface area (Å²) in [5.41, 5.74) is 3.17. The largest absolute Gasteiger partial charge is 0.494 e. The summed E-state index contributed by atoms with van der Waals surface area (Å²) in [6, 6.07) is 12.1. The van der Waals surface area contributed by atoms with Crippen molar-refractivity contribution in [1.82, 2.24) is 9.88 Å². The van der Waals surface area contributed by atoms with Crippen LogP contribution in [0.25, 0.3) is 10.2 Å². The molecule has 1 aliphatic rings. The van der Waals surface area contributed by atoms with E-state index in [4.69, 9.17) is 21.3 Å². The molecule has 0 atom stereocenters. The molecule has 2 aromatic carbocycles. The standard InChI is InChI=1S/C23H26ClN3O2S/c1-15(2)17-6-4-16(5-7-17)14-20(28)26-10-12-27(13-11-26)23-25-21-19(29-3)9-8-18(24)22(21)30-23/h4-9,15H,10-14H2,1-3H3. The first-order chi connectivity index (χ1) is 14.5. The van der Waals surface area contributed by atoms with Gasteiger partial charge in [-0.1, -0.05) is 61.1 Å². The summed E-state index contributed by atoms with van der Waals surface area (Å²) in [4.78, 5) is 21.7. The van der Waals surface area contributed by atoms with Crippen molar-refractivity contribution in [2.24, 2.45) is 0 Å². The number of amides is 1. The Hall–Kier alpha value is -2.31. The zero-order chi connectivity index (χ0) is 21.3. The Morgan fingerprint density at radius 3 is 2.47 bits per heavy atom. The molecule has 1 fully saturated rings. The molecule has 5 nitrogen and oxygen atoms in total. The van der Waals surface area contributed by atoms with Gasteiger partial charge in [-0.15, -0.1) is 0 Å². The fourth-order valence-corrected chi connectivity index (χ4v) is 5.00. The van der Waals surface area contributed by atoms with E-state index in [9.17, 15) is 4.79 Å². The van der Waals surface area contributed by atoms with Gasteiger partial charge in [0.15, 0.2) is 5.13 Å². The number of carbonyl (C=O) groups is 1. The van der Waals surface area contributed by atoms with E-state index in [-0.39, 0.29) is 5.91 Å². The normalized spacial score (nSPS) is 14.6. The second-order valence-electron chi connectivity index (χ2n) is 7.86. The van der Waals surface area contributed by atoms with E-state index in [1.165, 1.54) is 5.56 Å². The zero-order valence-electron chi connectivity index (χ0n) is 17.5. The maximum absolute atomic E-state index is 12.8. The van der Waals surface area contributed by atoms with Crippen molar-refractivity contribution < 1.29 is 9.53 Å². The molecule has 7 heteroatoms. The van der Waals surface area contributed by atoms with Crippen molar-refractivity contribution in [2.75, 3.05) is 38.2 Å². The van der Waals surface area contributed by atoms with E-state index >= 15 is 0 Å². The molecule has 30 heavy (non-hydrogen) atoms. The maximum atomic E-state index is 12.8. The molecular formula is C23H26ClN3O2S. The Labute approximate surface area is 186 Å². The molecule has 0 aliphatic carbocycles. The number of rotatable bonds is 5. The number of thiazole rings is 1. The van der Waals surface area contributed by atoms with Crippen LogP contribution in [0.3, 0.4) is 0 Å². The molecule has 158 valence electrons. The number of aromatic nitrogens is 1. The number of benzene rings is 2. The molecule has 1 amide bonds. The van der Waals surface area contributed by atoms with Crippen LogP contribution in [-0.4, -0.2) is 49.1 Å². The minimum atomic E-state index is 0.181. The molecule has 0 radical (unpaired) electrons. The first-order valence-electron chi connectivity index (χ1n) is 10.2. The Morgan fingerprint density at radius 2 is 1.83 bits per heavy atom. The van der Waals surface area contributed by atoms with Crippen molar-refractivity contribution in [3.05, 3.63) is 52.5 Å². The van der Waals surface area contributed by atoms with Crippen LogP contribution in [0.2, 0.25) is 5.02 Å². The minimum absolute atomic E-state index is 0.181. The third-order valence-corrected chi connectivity index (χ3v) is 7.15.